The number of hydrogen-bond donors (Lipinski definition) is 9. The van der Waals surface area contributed by atoms with E-state index in [9.17, 15) is 24.0 Å². The number of aliphatic carboxylic acids is 2. The summed E-state index contributed by atoms with van der Waals surface area (Å²) in [6, 6.07) is -0.979. The van der Waals surface area contributed by atoms with Gasteiger partial charge in [0.05, 0.1) is 6.61 Å². The molecule has 0 heterocycles. The number of amides is 1. The monoisotopic (exact) mass is 414 g/mol. The first-order valence-corrected chi connectivity index (χ1v) is 7.51. The van der Waals surface area contributed by atoms with Gasteiger partial charge in [0.25, 0.3) is 0 Å². The number of carboxylic acids is 2. The highest BCUT2D eigenvalue weighted by Gasteiger charge is 2.29. The summed E-state index contributed by atoms with van der Waals surface area (Å²) < 4.78 is 0. The normalized spacial score (nSPS) is 15.1. The molecule has 164 valence electrons. The molecule has 28 heavy (non-hydrogen) atoms. The van der Waals surface area contributed by atoms with Crippen molar-refractivity contribution >= 4 is 29.9 Å². The van der Waals surface area contributed by atoms with Gasteiger partial charge in [0, 0.05) is 13.3 Å². The van der Waals surface area contributed by atoms with E-state index in [0.29, 0.717) is 0 Å². The molecule has 0 aromatic carbocycles. The first-order chi connectivity index (χ1) is 12.7. The van der Waals surface area contributed by atoms with Gasteiger partial charge in [0.15, 0.2) is 6.29 Å². The molecule has 0 fully saturated rings. The second-order valence-corrected chi connectivity index (χ2v) is 5.17. The molecular weight excluding hydrogens is 388 g/mol. The van der Waals surface area contributed by atoms with Gasteiger partial charge in [-0.15, -0.1) is 0 Å². The Balaban J connectivity index is -0.000000354. The number of aliphatic hydroxyl groups excluding tert-OH is 5. The van der Waals surface area contributed by atoms with Crippen LogP contribution in [0.1, 0.15) is 19.8 Å². The SMILES string of the molecule is CC(=O)C(=O)O.NC(=O)CC[C@H](N)C(=O)O.O=C[C@H](O)[C@@H](O)[C@H](O)[C@H](O)CO. The zero-order valence-corrected chi connectivity index (χ0v) is 14.9. The fraction of sp³-hybridized carbons (Fsp3) is 0.643. The van der Waals surface area contributed by atoms with E-state index in [1.54, 1.807) is 0 Å². The van der Waals surface area contributed by atoms with E-state index < -0.39 is 60.7 Å². The zero-order chi connectivity index (χ0) is 23.0. The van der Waals surface area contributed by atoms with E-state index in [0.717, 1.165) is 6.92 Å². The lowest BCUT2D eigenvalue weighted by molar-refractivity contribution is -0.148. The van der Waals surface area contributed by atoms with Crippen LogP contribution in [0.15, 0.2) is 0 Å². The molecule has 0 aliphatic rings. The highest BCUT2D eigenvalue weighted by molar-refractivity contribution is 6.31. The van der Waals surface area contributed by atoms with E-state index in [1.807, 2.05) is 0 Å². The van der Waals surface area contributed by atoms with Crippen LogP contribution in [0.2, 0.25) is 0 Å². The molecule has 0 saturated carbocycles. The van der Waals surface area contributed by atoms with Crippen LogP contribution >= 0.6 is 0 Å². The largest absolute Gasteiger partial charge is 0.480 e. The molecule has 0 unspecified atom stereocenters. The van der Waals surface area contributed by atoms with Crippen molar-refractivity contribution < 1.29 is 59.7 Å². The summed E-state index contributed by atoms with van der Waals surface area (Å²) in [5, 5.41) is 59.4. The van der Waals surface area contributed by atoms with Crippen molar-refractivity contribution in [1.82, 2.24) is 0 Å². The van der Waals surface area contributed by atoms with Gasteiger partial charge in [-0.25, -0.2) is 4.79 Å². The first kappa shape index (κ1) is 30.2. The molecule has 0 bridgehead atoms. The van der Waals surface area contributed by atoms with Crippen molar-refractivity contribution in [2.24, 2.45) is 11.5 Å². The number of nitrogens with two attached hydrogens (primary N) is 2. The number of carboxylic acid groups (broad SMARTS) is 2. The number of hydrogen-bond acceptors (Lipinski definition) is 11. The number of Topliss-reactive ketones (excluding diaryl/α,β-unsaturated/α-hetero) is 1. The minimum atomic E-state index is -1.79. The molecule has 1 amide bonds. The minimum Gasteiger partial charge on any atom is -0.480 e. The van der Waals surface area contributed by atoms with Gasteiger partial charge in [-0.1, -0.05) is 0 Å². The molecule has 14 nitrogen and oxygen atoms in total. The highest BCUT2D eigenvalue weighted by atomic mass is 16.4. The van der Waals surface area contributed by atoms with Crippen LogP contribution in [0.4, 0.5) is 0 Å². The van der Waals surface area contributed by atoms with E-state index >= 15 is 0 Å². The van der Waals surface area contributed by atoms with Gasteiger partial charge in [-0.2, -0.15) is 0 Å². The lowest BCUT2D eigenvalue weighted by Crippen LogP contribution is -2.46. The van der Waals surface area contributed by atoms with Crippen LogP contribution in [-0.2, 0) is 24.0 Å². The van der Waals surface area contributed by atoms with E-state index in [-0.39, 0.29) is 19.1 Å². The molecule has 0 aromatic rings. The molecule has 0 saturated heterocycles. The van der Waals surface area contributed by atoms with Crippen molar-refractivity contribution in [2.45, 2.75) is 50.2 Å². The van der Waals surface area contributed by atoms with Gasteiger partial charge in [0.1, 0.15) is 30.5 Å². The Morgan fingerprint density at radius 1 is 1.00 bits per heavy atom. The third-order valence-electron chi connectivity index (χ3n) is 2.74. The standard InChI is InChI=1S/C6H12O6.C5H10N2O3.C3H4O3/c7-1-3(9)5(11)6(12)4(10)2-8;6-3(5(9)10)1-2-4(7)8;1-2(4)3(5)6/h1,3-6,8-12H,2H2;3H,1-2,6H2,(H2,7,8)(H,9,10);1H3,(H,5,6)/t3-,4+,5+,6+;3-;/m00./s1. The third kappa shape index (κ3) is 17.0. The summed E-state index contributed by atoms with van der Waals surface area (Å²) in [6.07, 6.45) is -6.72. The lowest BCUT2D eigenvalue weighted by atomic mass is 10.0. The van der Waals surface area contributed by atoms with Crippen molar-refractivity contribution in [3.05, 3.63) is 0 Å². The summed E-state index contributed by atoms with van der Waals surface area (Å²) >= 11 is 0. The Labute approximate surface area is 159 Å². The fourth-order valence-electron chi connectivity index (χ4n) is 1.04. The van der Waals surface area contributed by atoms with Gasteiger partial charge in [-0.05, 0) is 6.42 Å². The van der Waals surface area contributed by atoms with E-state index in [1.165, 1.54) is 0 Å². The maximum atomic E-state index is 10.1. The number of rotatable bonds is 10. The van der Waals surface area contributed by atoms with Gasteiger partial charge < -0.3 is 52.0 Å². The van der Waals surface area contributed by atoms with Crippen LogP contribution in [0.25, 0.3) is 0 Å². The predicted molar refractivity (Wildman–Crippen MR) is 89.5 cm³/mol. The number of primary amides is 1. The van der Waals surface area contributed by atoms with Crippen LogP contribution in [0, 0.1) is 0 Å². The second-order valence-electron chi connectivity index (χ2n) is 5.17. The average Bonchev–Trinajstić information content (AvgIpc) is 2.63. The summed E-state index contributed by atoms with van der Waals surface area (Å²) in [7, 11) is 0. The zero-order valence-electron chi connectivity index (χ0n) is 14.9. The van der Waals surface area contributed by atoms with Crippen molar-refractivity contribution in [3.63, 3.8) is 0 Å². The highest BCUT2D eigenvalue weighted by Crippen LogP contribution is 2.02. The molecular formula is C14H26N2O12. The van der Waals surface area contributed by atoms with Crippen molar-refractivity contribution in [2.75, 3.05) is 6.61 Å². The molecule has 0 aliphatic heterocycles. The fourth-order valence-corrected chi connectivity index (χ4v) is 1.04. The van der Waals surface area contributed by atoms with Crippen LogP contribution < -0.4 is 11.5 Å². The summed E-state index contributed by atoms with van der Waals surface area (Å²) in [5.74, 6) is -3.84. The Morgan fingerprint density at radius 2 is 1.43 bits per heavy atom. The molecule has 0 rings (SSSR count). The van der Waals surface area contributed by atoms with Crippen molar-refractivity contribution in [3.8, 4) is 0 Å². The minimum absolute atomic E-state index is 0.0213. The number of aldehydes is 1. The quantitative estimate of drug-likeness (QED) is 0.120. The van der Waals surface area contributed by atoms with Gasteiger partial charge in [0.2, 0.25) is 11.7 Å². The van der Waals surface area contributed by atoms with Crippen LogP contribution in [0.5, 0.6) is 0 Å². The first-order valence-electron chi connectivity index (χ1n) is 7.51. The molecule has 14 heteroatoms. The Kier molecular flexibility index (Phi) is 18.0. The Bertz CT molecular complexity index is 501. The maximum absolute atomic E-state index is 10.1. The summed E-state index contributed by atoms with van der Waals surface area (Å²) in [4.78, 5) is 48.9. The number of carbonyl (C=O) groups is 5. The third-order valence-corrected chi connectivity index (χ3v) is 2.74. The van der Waals surface area contributed by atoms with Crippen molar-refractivity contribution in [1.29, 1.82) is 0 Å². The predicted octanol–water partition coefficient (Wildman–Crippen LogP) is -5.05. The lowest BCUT2D eigenvalue weighted by Gasteiger charge is -2.22. The Morgan fingerprint density at radius 3 is 1.68 bits per heavy atom. The average molecular weight is 414 g/mol. The van der Waals surface area contributed by atoms with Crippen LogP contribution in [-0.4, -0.2) is 103 Å². The van der Waals surface area contributed by atoms with Crippen LogP contribution in [0.3, 0.4) is 0 Å². The molecule has 0 aromatic heterocycles. The second kappa shape index (κ2) is 16.7. The Hall–Kier alpha value is -2.49. The van der Waals surface area contributed by atoms with Gasteiger partial charge in [-0.3, -0.25) is 14.4 Å². The number of ketones is 1. The number of carbonyl (C=O) groups excluding carboxylic acids is 3. The molecule has 0 aliphatic carbocycles. The smallest absolute Gasteiger partial charge is 0.371 e. The molecule has 0 spiro atoms. The topological polar surface area (TPSA) is 279 Å². The van der Waals surface area contributed by atoms with E-state index in [4.69, 9.17) is 47.2 Å². The molecule has 11 N–H and O–H groups in total. The summed E-state index contributed by atoms with van der Waals surface area (Å²) in [5.41, 5.74) is 9.81. The van der Waals surface area contributed by atoms with Gasteiger partial charge >= 0.3 is 11.9 Å². The summed E-state index contributed by atoms with van der Waals surface area (Å²) in [6.45, 7) is 0.242. The number of aliphatic hydroxyl groups is 5. The molecule has 0 radical (unpaired) electrons. The maximum Gasteiger partial charge on any atom is 0.371 e. The molecule has 5 atom stereocenters. The van der Waals surface area contributed by atoms with E-state index in [2.05, 4.69) is 0 Å².